The van der Waals surface area contributed by atoms with Gasteiger partial charge in [-0.05, 0) is 54.1 Å². The van der Waals surface area contributed by atoms with E-state index in [1.807, 2.05) is 30.5 Å². The van der Waals surface area contributed by atoms with Crippen molar-refractivity contribution in [1.82, 2.24) is 0 Å². The summed E-state index contributed by atoms with van der Waals surface area (Å²) < 4.78 is 0. The third kappa shape index (κ3) is 2.93. The highest BCUT2D eigenvalue weighted by Gasteiger charge is 2.20. The van der Waals surface area contributed by atoms with Gasteiger partial charge >= 0.3 is 0 Å². The van der Waals surface area contributed by atoms with Crippen LogP contribution in [-0.2, 0) is 0 Å². The second kappa shape index (κ2) is 6.34. The van der Waals surface area contributed by atoms with Gasteiger partial charge < -0.3 is 4.90 Å². The van der Waals surface area contributed by atoms with Crippen molar-refractivity contribution in [3.63, 3.8) is 0 Å². The van der Waals surface area contributed by atoms with Crippen LogP contribution in [-0.4, -0.2) is 13.3 Å². The molecule has 0 atom stereocenters. The summed E-state index contributed by atoms with van der Waals surface area (Å²) in [5.74, 6) is 0. The van der Waals surface area contributed by atoms with Gasteiger partial charge in [0.05, 0.1) is 17.1 Å². The monoisotopic (exact) mass is 350 g/mol. The summed E-state index contributed by atoms with van der Waals surface area (Å²) in [6.45, 7) is 0. The first-order chi connectivity index (χ1) is 11.7. The van der Waals surface area contributed by atoms with E-state index in [4.69, 9.17) is 11.6 Å². The standard InChI is InChI=1S/C20H15ClN2S/c1-23-17-4-2-3-5-19(17)24-20-12-14(6-11-18(20)23)13-22-16-9-7-15(21)8-10-16/h2-13H,1H3. The first-order valence-electron chi connectivity index (χ1n) is 7.65. The Labute approximate surface area is 150 Å². The summed E-state index contributed by atoms with van der Waals surface area (Å²) in [7, 11) is 2.11. The van der Waals surface area contributed by atoms with Gasteiger partial charge in [0.15, 0.2) is 0 Å². The molecule has 0 radical (unpaired) electrons. The summed E-state index contributed by atoms with van der Waals surface area (Å²) in [4.78, 5) is 9.28. The lowest BCUT2D eigenvalue weighted by molar-refractivity contribution is 1.11. The molecule has 3 aromatic carbocycles. The number of benzene rings is 3. The molecule has 1 aliphatic rings. The quantitative estimate of drug-likeness (QED) is 0.502. The van der Waals surface area contributed by atoms with Crippen molar-refractivity contribution in [3.05, 3.63) is 77.3 Å². The van der Waals surface area contributed by atoms with E-state index in [1.54, 1.807) is 11.8 Å². The molecule has 1 aliphatic heterocycles. The molecule has 0 saturated heterocycles. The van der Waals surface area contributed by atoms with Crippen LogP contribution in [0.4, 0.5) is 17.1 Å². The number of aliphatic imine (C=N–C) groups is 1. The second-order valence-corrected chi connectivity index (χ2v) is 7.11. The fraction of sp³-hybridized carbons (Fsp3) is 0.0500. The molecule has 0 bridgehead atoms. The Balaban J connectivity index is 1.64. The third-order valence-electron chi connectivity index (χ3n) is 3.98. The van der Waals surface area contributed by atoms with Gasteiger partial charge in [-0.3, -0.25) is 4.99 Å². The second-order valence-electron chi connectivity index (χ2n) is 5.59. The molecule has 24 heavy (non-hydrogen) atoms. The SMILES string of the molecule is CN1c2ccccc2Sc2cc(C=Nc3ccc(Cl)cc3)ccc21. The third-order valence-corrected chi connectivity index (χ3v) is 5.35. The largest absolute Gasteiger partial charge is 0.343 e. The minimum Gasteiger partial charge on any atom is -0.343 e. The Morgan fingerprint density at radius 2 is 1.67 bits per heavy atom. The van der Waals surface area contributed by atoms with Gasteiger partial charge in [-0.25, -0.2) is 0 Å². The van der Waals surface area contributed by atoms with Gasteiger partial charge in [0.2, 0.25) is 0 Å². The number of hydrogen-bond donors (Lipinski definition) is 0. The molecule has 0 saturated carbocycles. The van der Waals surface area contributed by atoms with Crippen LogP contribution in [0.5, 0.6) is 0 Å². The van der Waals surface area contributed by atoms with E-state index >= 15 is 0 Å². The maximum atomic E-state index is 5.90. The van der Waals surface area contributed by atoms with Crippen molar-refractivity contribution in [2.24, 2.45) is 4.99 Å². The lowest BCUT2D eigenvalue weighted by atomic mass is 10.2. The van der Waals surface area contributed by atoms with Gasteiger partial charge in [0.1, 0.15) is 0 Å². The van der Waals surface area contributed by atoms with Gasteiger partial charge in [-0.2, -0.15) is 0 Å². The van der Waals surface area contributed by atoms with Crippen LogP contribution in [0.2, 0.25) is 5.02 Å². The summed E-state index contributed by atoms with van der Waals surface area (Å²) in [6, 6.07) is 22.4. The molecular weight excluding hydrogens is 336 g/mol. The number of rotatable bonds is 2. The Hall–Kier alpha value is -2.23. The molecule has 0 N–H and O–H groups in total. The van der Waals surface area contributed by atoms with Gasteiger partial charge in [-0.1, -0.05) is 41.6 Å². The number of nitrogens with zero attached hydrogens (tertiary/aromatic N) is 2. The molecule has 0 amide bonds. The van der Waals surface area contributed by atoms with Gasteiger partial charge in [0, 0.05) is 28.1 Å². The van der Waals surface area contributed by atoms with E-state index in [1.165, 1.54) is 21.2 Å². The topological polar surface area (TPSA) is 15.6 Å². The normalized spacial score (nSPS) is 13.0. The molecule has 2 nitrogen and oxygen atoms in total. The van der Waals surface area contributed by atoms with Crippen molar-refractivity contribution < 1.29 is 0 Å². The number of para-hydroxylation sites is 1. The van der Waals surface area contributed by atoms with E-state index < -0.39 is 0 Å². The van der Waals surface area contributed by atoms with Crippen molar-refractivity contribution >= 4 is 46.6 Å². The average molecular weight is 351 g/mol. The summed E-state index contributed by atoms with van der Waals surface area (Å²) >= 11 is 7.71. The number of fused-ring (bicyclic) bond motifs is 2. The predicted molar refractivity (Wildman–Crippen MR) is 104 cm³/mol. The Morgan fingerprint density at radius 1 is 0.917 bits per heavy atom. The van der Waals surface area contributed by atoms with E-state index in [9.17, 15) is 0 Å². The van der Waals surface area contributed by atoms with Crippen molar-refractivity contribution in [2.75, 3.05) is 11.9 Å². The van der Waals surface area contributed by atoms with Crippen LogP contribution in [0, 0.1) is 0 Å². The van der Waals surface area contributed by atoms with Crippen LogP contribution < -0.4 is 4.90 Å². The Morgan fingerprint density at radius 3 is 2.50 bits per heavy atom. The fourth-order valence-corrected chi connectivity index (χ4v) is 4.04. The number of hydrogen-bond acceptors (Lipinski definition) is 3. The lowest BCUT2D eigenvalue weighted by Gasteiger charge is -2.29. The average Bonchev–Trinajstić information content (AvgIpc) is 2.61. The highest BCUT2D eigenvalue weighted by Crippen LogP contribution is 2.47. The van der Waals surface area contributed by atoms with Gasteiger partial charge in [0.25, 0.3) is 0 Å². The molecular formula is C20H15ClN2S. The van der Waals surface area contributed by atoms with Crippen molar-refractivity contribution in [2.45, 2.75) is 9.79 Å². The zero-order valence-electron chi connectivity index (χ0n) is 13.1. The van der Waals surface area contributed by atoms with Crippen molar-refractivity contribution in [3.8, 4) is 0 Å². The first-order valence-corrected chi connectivity index (χ1v) is 8.84. The van der Waals surface area contributed by atoms with Gasteiger partial charge in [-0.15, -0.1) is 0 Å². The van der Waals surface area contributed by atoms with Crippen LogP contribution in [0.15, 0.2) is 81.5 Å². The summed E-state index contributed by atoms with van der Waals surface area (Å²) in [6.07, 6.45) is 1.89. The Bertz CT molecular complexity index is 919. The molecule has 1 heterocycles. The first kappa shape index (κ1) is 15.3. The maximum absolute atomic E-state index is 5.90. The van der Waals surface area contributed by atoms with Crippen LogP contribution in [0.3, 0.4) is 0 Å². The van der Waals surface area contributed by atoms with Crippen LogP contribution >= 0.6 is 23.4 Å². The molecule has 4 heteroatoms. The number of halogens is 1. The highest BCUT2D eigenvalue weighted by molar-refractivity contribution is 7.99. The fourth-order valence-electron chi connectivity index (χ4n) is 2.71. The molecule has 0 spiro atoms. The number of anilines is 2. The maximum Gasteiger partial charge on any atom is 0.0630 e. The molecule has 0 aliphatic carbocycles. The zero-order chi connectivity index (χ0) is 16.5. The minimum absolute atomic E-state index is 0.723. The Kier molecular flexibility index (Phi) is 4.05. The zero-order valence-corrected chi connectivity index (χ0v) is 14.7. The highest BCUT2D eigenvalue weighted by atomic mass is 35.5. The van der Waals surface area contributed by atoms with E-state index in [0.717, 1.165) is 16.3 Å². The molecule has 0 fully saturated rings. The minimum atomic E-state index is 0.723. The molecule has 0 aromatic heterocycles. The van der Waals surface area contributed by atoms with E-state index in [0.29, 0.717) is 0 Å². The van der Waals surface area contributed by atoms with Crippen LogP contribution in [0.1, 0.15) is 5.56 Å². The molecule has 118 valence electrons. The summed E-state index contributed by atoms with van der Waals surface area (Å²) in [5.41, 5.74) is 4.45. The smallest absolute Gasteiger partial charge is 0.0630 e. The van der Waals surface area contributed by atoms with Crippen LogP contribution in [0.25, 0.3) is 0 Å². The summed E-state index contributed by atoms with van der Waals surface area (Å²) in [5, 5.41) is 0.723. The van der Waals surface area contributed by atoms with E-state index in [-0.39, 0.29) is 0 Å². The molecule has 0 unspecified atom stereocenters. The lowest BCUT2D eigenvalue weighted by Crippen LogP contribution is -2.14. The molecule has 4 rings (SSSR count). The van der Waals surface area contributed by atoms with Crippen molar-refractivity contribution in [1.29, 1.82) is 0 Å². The van der Waals surface area contributed by atoms with E-state index in [2.05, 4.69) is 59.4 Å². The molecule has 3 aromatic rings. The predicted octanol–water partition coefficient (Wildman–Crippen LogP) is 6.32.